The number of cyclic esters (lactones) is 1. The van der Waals surface area contributed by atoms with Gasteiger partial charge in [-0.2, -0.15) is 0 Å². The lowest BCUT2D eigenvalue weighted by Crippen LogP contribution is -2.35. The molecule has 2 fully saturated rings. The Morgan fingerprint density at radius 2 is 1.88 bits per heavy atom. The highest BCUT2D eigenvalue weighted by molar-refractivity contribution is 7.91. The number of halogens is 1. The summed E-state index contributed by atoms with van der Waals surface area (Å²) in [5, 5.41) is 2.42. The number of hydrogen-bond acceptors (Lipinski definition) is 8. The summed E-state index contributed by atoms with van der Waals surface area (Å²) in [5.74, 6) is -1.15. The van der Waals surface area contributed by atoms with Crippen molar-refractivity contribution in [3.05, 3.63) is 29.6 Å². The topological polar surface area (TPSA) is 128 Å². The molecule has 1 aromatic rings. The second-order valence-electron chi connectivity index (χ2n) is 9.36. The number of anilines is 1. The van der Waals surface area contributed by atoms with E-state index in [9.17, 15) is 27.2 Å². The third-order valence-electron chi connectivity index (χ3n) is 5.63. The molecule has 0 unspecified atom stereocenters. The molecule has 12 heteroatoms. The molecule has 2 aliphatic rings. The number of nitrogens with one attached hydrogen (secondary N) is 1. The molecular formula is C22H29FN2O8S. The molecule has 0 aliphatic carbocycles. The Bertz CT molecular complexity index is 1040. The Kier molecular flexibility index (Phi) is 7.69. The minimum absolute atomic E-state index is 0.0352. The molecule has 188 valence electrons. The summed E-state index contributed by atoms with van der Waals surface area (Å²) in [4.78, 5) is 36.9. The molecule has 1 aromatic carbocycles. The van der Waals surface area contributed by atoms with Gasteiger partial charge >= 0.3 is 18.2 Å². The fourth-order valence-electron chi connectivity index (χ4n) is 3.66. The van der Waals surface area contributed by atoms with Crippen LogP contribution < -0.4 is 10.2 Å². The zero-order valence-electron chi connectivity index (χ0n) is 19.3. The van der Waals surface area contributed by atoms with E-state index in [1.165, 1.54) is 11.0 Å². The Labute approximate surface area is 197 Å². The zero-order chi connectivity index (χ0) is 25.1. The second kappa shape index (κ2) is 10.2. The first-order valence-electron chi connectivity index (χ1n) is 10.9. The summed E-state index contributed by atoms with van der Waals surface area (Å²) >= 11 is 0. The van der Waals surface area contributed by atoms with Crippen LogP contribution in [0.2, 0.25) is 0 Å². The van der Waals surface area contributed by atoms with Crippen molar-refractivity contribution in [1.82, 2.24) is 5.32 Å². The molecule has 34 heavy (non-hydrogen) atoms. The standard InChI is InChI=1S/C22H29FN2O8S/c1-22(2,3)19(26)31-13-32-20(27)24-11-16-12-25(21(28)33-16)15-4-5-17(18(23)10-15)14-6-8-34(29,30)9-7-14/h4-5,10,14,16H,6-9,11-13H2,1-3H3,(H,24,27)/t16-/m0/s1. The Morgan fingerprint density at radius 3 is 2.50 bits per heavy atom. The summed E-state index contributed by atoms with van der Waals surface area (Å²) in [6, 6.07) is 4.39. The average Bonchev–Trinajstić information content (AvgIpc) is 3.12. The van der Waals surface area contributed by atoms with Gasteiger partial charge in [0.2, 0.25) is 6.79 Å². The molecule has 2 amide bonds. The van der Waals surface area contributed by atoms with Crippen molar-refractivity contribution in [2.45, 2.75) is 45.6 Å². The van der Waals surface area contributed by atoms with Crippen molar-refractivity contribution < 1.29 is 41.4 Å². The number of carbonyl (C=O) groups is 3. The van der Waals surface area contributed by atoms with Crippen LogP contribution in [-0.4, -0.2) is 64.1 Å². The first-order chi connectivity index (χ1) is 15.9. The van der Waals surface area contributed by atoms with E-state index in [-0.39, 0.29) is 30.5 Å². The lowest BCUT2D eigenvalue weighted by molar-refractivity contribution is -0.161. The number of sulfone groups is 1. The van der Waals surface area contributed by atoms with Crippen LogP contribution in [0.1, 0.15) is 45.1 Å². The first kappa shape index (κ1) is 25.7. The van der Waals surface area contributed by atoms with Crippen molar-refractivity contribution >= 4 is 33.7 Å². The maximum Gasteiger partial charge on any atom is 0.414 e. The van der Waals surface area contributed by atoms with E-state index in [0.717, 1.165) is 0 Å². The van der Waals surface area contributed by atoms with E-state index in [1.54, 1.807) is 32.9 Å². The van der Waals surface area contributed by atoms with Crippen molar-refractivity contribution in [2.24, 2.45) is 5.41 Å². The molecule has 2 saturated heterocycles. The molecule has 0 bridgehead atoms. The van der Waals surface area contributed by atoms with Gasteiger partial charge in [0.15, 0.2) is 0 Å². The molecule has 0 radical (unpaired) electrons. The highest BCUT2D eigenvalue weighted by Crippen LogP contribution is 2.33. The molecule has 0 spiro atoms. The SMILES string of the molecule is CC(C)(C)C(=O)OCOC(=O)NC[C@H]1CN(c2ccc(C3CCS(=O)(=O)CC3)c(F)c2)C(=O)O1. The number of benzene rings is 1. The number of hydrogen-bond donors (Lipinski definition) is 1. The largest absolute Gasteiger partial charge is 0.442 e. The van der Waals surface area contributed by atoms with E-state index >= 15 is 0 Å². The fourth-order valence-corrected chi connectivity index (χ4v) is 5.15. The third-order valence-corrected chi connectivity index (χ3v) is 7.35. The Hall–Kier alpha value is -2.89. The van der Waals surface area contributed by atoms with Gasteiger partial charge in [0, 0.05) is 0 Å². The van der Waals surface area contributed by atoms with Crippen LogP contribution in [0.4, 0.5) is 19.7 Å². The van der Waals surface area contributed by atoms with Crippen LogP contribution >= 0.6 is 0 Å². The summed E-state index contributed by atoms with van der Waals surface area (Å²) in [6.07, 6.45) is -1.49. The summed E-state index contributed by atoms with van der Waals surface area (Å²) in [7, 11) is -3.05. The number of carbonyl (C=O) groups excluding carboxylic acids is 3. The number of nitrogens with zero attached hydrogens (tertiary/aromatic N) is 1. The van der Waals surface area contributed by atoms with Crippen molar-refractivity contribution in [3.8, 4) is 0 Å². The minimum atomic E-state index is -3.05. The molecule has 1 N–H and O–H groups in total. The first-order valence-corrected chi connectivity index (χ1v) is 12.7. The van der Waals surface area contributed by atoms with Gasteiger partial charge in [-0.3, -0.25) is 9.69 Å². The predicted molar refractivity (Wildman–Crippen MR) is 120 cm³/mol. The van der Waals surface area contributed by atoms with Gasteiger partial charge < -0.3 is 19.5 Å². The van der Waals surface area contributed by atoms with E-state index in [2.05, 4.69) is 5.32 Å². The van der Waals surface area contributed by atoms with Crippen LogP contribution in [0.15, 0.2) is 18.2 Å². The van der Waals surface area contributed by atoms with Gasteiger partial charge in [-0.15, -0.1) is 0 Å². The molecule has 3 rings (SSSR count). The lowest BCUT2D eigenvalue weighted by atomic mass is 9.93. The average molecular weight is 501 g/mol. The maximum absolute atomic E-state index is 14.8. The van der Waals surface area contributed by atoms with Crippen LogP contribution in [-0.2, 0) is 28.8 Å². The van der Waals surface area contributed by atoms with E-state index in [0.29, 0.717) is 24.1 Å². The smallest absolute Gasteiger partial charge is 0.414 e. The van der Waals surface area contributed by atoms with Crippen LogP contribution in [0.5, 0.6) is 0 Å². The maximum atomic E-state index is 14.8. The normalized spacial score (nSPS) is 20.5. The predicted octanol–water partition coefficient (Wildman–Crippen LogP) is 2.72. The molecule has 0 aromatic heterocycles. The van der Waals surface area contributed by atoms with E-state index in [4.69, 9.17) is 14.2 Å². The van der Waals surface area contributed by atoms with Gasteiger partial charge in [-0.1, -0.05) is 6.07 Å². The number of alkyl carbamates (subject to hydrolysis) is 1. The zero-order valence-corrected chi connectivity index (χ0v) is 20.2. The molecule has 0 saturated carbocycles. The summed E-state index contributed by atoms with van der Waals surface area (Å²) in [6.45, 7) is 4.48. The summed E-state index contributed by atoms with van der Waals surface area (Å²) < 4.78 is 52.8. The molecule has 1 atom stereocenters. The number of amides is 2. The van der Waals surface area contributed by atoms with Gasteiger partial charge in [0.05, 0.1) is 35.7 Å². The molecule has 2 aliphatic heterocycles. The van der Waals surface area contributed by atoms with Crippen LogP contribution in [0.25, 0.3) is 0 Å². The summed E-state index contributed by atoms with van der Waals surface area (Å²) in [5.41, 5.74) is 0.00369. The minimum Gasteiger partial charge on any atom is -0.442 e. The van der Waals surface area contributed by atoms with Crippen LogP contribution in [0, 0.1) is 11.2 Å². The van der Waals surface area contributed by atoms with Gasteiger partial charge in [-0.25, -0.2) is 22.4 Å². The molecule has 10 nitrogen and oxygen atoms in total. The lowest BCUT2D eigenvalue weighted by Gasteiger charge is -2.23. The Morgan fingerprint density at radius 1 is 1.21 bits per heavy atom. The Balaban J connectivity index is 1.49. The van der Waals surface area contributed by atoms with E-state index in [1.807, 2.05) is 0 Å². The third kappa shape index (κ3) is 6.58. The number of rotatable bonds is 6. The quantitative estimate of drug-likeness (QED) is 0.466. The van der Waals surface area contributed by atoms with Crippen LogP contribution in [0.3, 0.4) is 0 Å². The highest BCUT2D eigenvalue weighted by atomic mass is 32.2. The van der Waals surface area contributed by atoms with Crippen molar-refractivity contribution in [2.75, 3.05) is 36.3 Å². The number of ether oxygens (including phenoxy) is 3. The molecular weight excluding hydrogens is 471 g/mol. The van der Waals surface area contributed by atoms with Crippen molar-refractivity contribution in [1.29, 1.82) is 0 Å². The highest BCUT2D eigenvalue weighted by Gasteiger charge is 2.34. The van der Waals surface area contributed by atoms with E-state index < -0.39 is 52.1 Å². The number of esters is 1. The fraction of sp³-hybridized carbons (Fsp3) is 0.591. The molecule has 2 heterocycles. The van der Waals surface area contributed by atoms with Gasteiger partial charge in [0.25, 0.3) is 0 Å². The van der Waals surface area contributed by atoms with Gasteiger partial charge in [-0.05, 0) is 57.2 Å². The second-order valence-corrected chi connectivity index (χ2v) is 11.7. The monoisotopic (exact) mass is 500 g/mol. The van der Waals surface area contributed by atoms with Gasteiger partial charge in [0.1, 0.15) is 21.8 Å². The van der Waals surface area contributed by atoms with Crippen molar-refractivity contribution in [3.63, 3.8) is 0 Å².